The van der Waals surface area contributed by atoms with Crippen molar-refractivity contribution in [2.24, 2.45) is 0 Å². The second-order valence-electron chi connectivity index (χ2n) is 4.90. The van der Waals surface area contributed by atoms with Gasteiger partial charge < -0.3 is 10.2 Å². The van der Waals surface area contributed by atoms with E-state index in [0.29, 0.717) is 18.8 Å². The molecule has 2 heterocycles. The first-order chi connectivity index (χ1) is 8.49. The number of amides is 2. The topological polar surface area (TPSA) is 62.3 Å². The van der Waals surface area contributed by atoms with Crippen LogP contribution in [0.25, 0.3) is 0 Å². The second kappa shape index (κ2) is 5.06. The third-order valence-electron chi connectivity index (χ3n) is 2.95. The number of pyridine rings is 1. The summed E-state index contributed by atoms with van der Waals surface area (Å²) in [6, 6.07) is 3.34. The number of carbonyl (C=O) groups is 1. The molecule has 1 N–H and O–H groups in total. The normalized spacial score (nSPS) is 22.6. The highest BCUT2D eigenvalue weighted by molar-refractivity contribution is 7.86. The van der Waals surface area contributed by atoms with Crippen LogP contribution in [0.2, 0.25) is 0 Å². The van der Waals surface area contributed by atoms with Gasteiger partial charge in [-0.25, -0.2) is 4.79 Å². The molecule has 1 aliphatic rings. The Morgan fingerprint density at radius 2 is 2.11 bits per heavy atom. The molecule has 2 amide bonds. The lowest BCUT2D eigenvalue weighted by Gasteiger charge is -2.37. The van der Waals surface area contributed by atoms with Crippen molar-refractivity contribution in [2.75, 3.05) is 24.2 Å². The first-order valence-corrected chi connectivity index (χ1v) is 7.15. The van der Waals surface area contributed by atoms with Gasteiger partial charge in [0.1, 0.15) is 0 Å². The summed E-state index contributed by atoms with van der Waals surface area (Å²) in [5.74, 6) is 0.538. The van der Waals surface area contributed by atoms with Gasteiger partial charge in [-0.1, -0.05) is 0 Å². The molecule has 1 fully saturated rings. The number of anilines is 1. The average Bonchev–Trinajstić information content (AvgIpc) is 2.34. The van der Waals surface area contributed by atoms with Crippen LogP contribution >= 0.6 is 0 Å². The second-order valence-corrected chi connectivity index (χ2v) is 7.10. The molecule has 1 aromatic rings. The lowest BCUT2D eigenvalue weighted by molar-refractivity contribution is 0.207. The van der Waals surface area contributed by atoms with Gasteiger partial charge in [0.25, 0.3) is 0 Å². The summed E-state index contributed by atoms with van der Waals surface area (Å²) in [7, 11) is -0.866. The Morgan fingerprint density at radius 1 is 1.44 bits per heavy atom. The lowest BCUT2D eigenvalue weighted by Crippen LogP contribution is -2.53. The predicted octanol–water partition coefficient (Wildman–Crippen LogP) is 1.46. The molecule has 1 unspecified atom stereocenters. The molecule has 1 saturated heterocycles. The van der Waals surface area contributed by atoms with Gasteiger partial charge in [-0.05, 0) is 26.0 Å². The Morgan fingerprint density at radius 3 is 2.72 bits per heavy atom. The van der Waals surface area contributed by atoms with Gasteiger partial charge in [-0.15, -0.1) is 0 Å². The van der Waals surface area contributed by atoms with E-state index in [1.54, 1.807) is 29.4 Å². The molecule has 0 aromatic carbocycles. The molecule has 0 bridgehead atoms. The highest BCUT2D eigenvalue weighted by Gasteiger charge is 2.35. The number of rotatable bonds is 1. The van der Waals surface area contributed by atoms with Crippen molar-refractivity contribution in [3.63, 3.8) is 0 Å². The molecule has 6 heteroatoms. The maximum Gasteiger partial charge on any atom is 0.321 e. The minimum Gasteiger partial charge on any atom is -0.322 e. The minimum atomic E-state index is -0.866. The van der Waals surface area contributed by atoms with E-state index in [0.717, 1.165) is 5.69 Å². The van der Waals surface area contributed by atoms with Crippen LogP contribution in [0.15, 0.2) is 24.5 Å². The fourth-order valence-corrected chi connectivity index (χ4v) is 3.13. The number of hydrogen-bond acceptors (Lipinski definition) is 3. The lowest BCUT2D eigenvalue weighted by atomic mass is 10.2. The van der Waals surface area contributed by atoms with Crippen molar-refractivity contribution in [3.05, 3.63) is 24.5 Å². The van der Waals surface area contributed by atoms with Gasteiger partial charge in [-0.2, -0.15) is 0 Å². The van der Waals surface area contributed by atoms with E-state index in [1.807, 2.05) is 13.8 Å². The predicted molar refractivity (Wildman–Crippen MR) is 71.9 cm³/mol. The minimum absolute atomic E-state index is 0.147. The molecule has 0 radical (unpaired) electrons. The van der Waals surface area contributed by atoms with Crippen LogP contribution in [0.3, 0.4) is 0 Å². The van der Waals surface area contributed by atoms with E-state index in [9.17, 15) is 9.00 Å². The molecule has 1 aromatic heterocycles. The van der Waals surface area contributed by atoms with E-state index in [4.69, 9.17) is 0 Å². The van der Waals surface area contributed by atoms with Crippen LogP contribution in [-0.4, -0.2) is 43.7 Å². The molecule has 2 rings (SSSR count). The molecule has 0 aliphatic carbocycles. The number of hydrogen-bond donors (Lipinski definition) is 1. The third kappa shape index (κ3) is 2.87. The number of carbonyl (C=O) groups excluding carboxylic acids is 1. The average molecular weight is 267 g/mol. The van der Waals surface area contributed by atoms with Crippen LogP contribution in [0.4, 0.5) is 10.5 Å². The van der Waals surface area contributed by atoms with Crippen molar-refractivity contribution < 1.29 is 9.00 Å². The Hall–Kier alpha value is -1.43. The maximum absolute atomic E-state index is 12.1. The van der Waals surface area contributed by atoms with E-state index in [1.165, 1.54) is 0 Å². The summed E-state index contributed by atoms with van der Waals surface area (Å²) in [5, 5.41) is 2.81. The Kier molecular flexibility index (Phi) is 3.65. The third-order valence-corrected chi connectivity index (χ3v) is 4.87. The molecule has 18 heavy (non-hydrogen) atoms. The SMILES string of the molecule is CC1(C)CN(C(=O)Nc2ccncc2)CCS1=O. The van der Waals surface area contributed by atoms with Crippen molar-refractivity contribution in [3.8, 4) is 0 Å². The highest BCUT2D eigenvalue weighted by atomic mass is 32.2. The maximum atomic E-state index is 12.1. The molecule has 1 atom stereocenters. The van der Waals surface area contributed by atoms with E-state index >= 15 is 0 Å². The molecule has 98 valence electrons. The van der Waals surface area contributed by atoms with Gasteiger partial charge >= 0.3 is 6.03 Å². The van der Waals surface area contributed by atoms with Crippen molar-refractivity contribution in [1.29, 1.82) is 0 Å². The van der Waals surface area contributed by atoms with Crippen molar-refractivity contribution in [2.45, 2.75) is 18.6 Å². The van der Waals surface area contributed by atoms with Gasteiger partial charge in [-0.3, -0.25) is 9.19 Å². The van der Waals surface area contributed by atoms with Gasteiger partial charge in [0, 0.05) is 47.7 Å². The first kappa shape index (κ1) is 13.0. The summed E-state index contributed by atoms with van der Waals surface area (Å²) in [6.07, 6.45) is 3.26. The standard InChI is InChI=1S/C12H17N3O2S/c1-12(2)9-15(7-8-18(12)17)11(16)14-10-3-5-13-6-4-10/h3-6H,7-9H2,1-2H3,(H,13,14,16). The van der Waals surface area contributed by atoms with E-state index in [2.05, 4.69) is 10.3 Å². The molecular formula is C12H17N3O2S. The summed E-state index contributed by atoms with van der Waals surface area (Å²) >= 11 is 0. The van der Waals surface area contributed by atoms with Crippen LogP contribution in [-0.2, 0) is 10.8 Å². The van der Waals surface area contributed by atoms with Crippen LogP contribution in [0.1, 0.15) is 13.8 Å². The number of urea groups is 1. The van der Waals surface area contributed by atoms with Crippen LogP contribution in [0, 0.1) is 0 Å². The Bertz CT molecular complexity index is 462. The van der Waals surface area contributed by atoms with Crippen LogP contribution in [0.5, 0.6) is 0 Å². The first-order valence-electron chi connectivity index (χ1n) is 5.83. The zero-order valence-electron chi connectivity index (χ0n) is 10.5. The fraction of sp³-hybridized carbons (Fsp3) is 0.500. The Labute approximate surface area is 109 Å². The summed E-state index contributed by atoms with van der Waals surface area (Å²) < 4.78 is 11.4. The zero-order valence-corrected chi connectivity index (χ0v) is 11.4. The summed E-state index contributed by atoms with van der Waals surface area (Å²) in [6.45, 7) is 4.90. The van der Waals surface area contributed by atoms with E-state index in [-0.39, 0.29) is 10.8 Å². The quantitative estimate of drug-likeness (QED) is 0.838. The van der Waals surface area contributed by atoms with E-state index < -0.39 is 10.8 Å². The highest BCUT2D eigenvalue weighted by Crippen LogP contribution is 2.20. The molecule has 1 aliphatic heterocycles. The summed E-state index contributed by atoms with van der Waals surface area (Å²) in [4.78, 5) is 17.7. The van der Waals surface area contributed by atoms with Crippen molar-refractivity contribution >= 4 is 22.5 Å². The monoisotopic (exact) mass is 267 g/mol. The number of aromatic nitrogens is 1. The largest absolute Gasteiger partial charge is 0.322 e. The molecule has 0 saturated carbocycles. The number of nitrogens with one attached hydrogen (secondary N) is 1. The fourth-order valence-electron chi connectivity index (χ4n) is 1.89. The zero-order chi connectivity index (χ0) is 13.2. The smallest absolute Gasteiger partial charge is 0.321 e. The molecule has 5 nitrogen and oxygen atoms in total. The Balaban J connectivity index is 2.00. The van der Waals surface area contributed by atoms with Crippen LogP contribution < -0.4 is 5.32 Å². The van der Waals surface area contributed by atoms with Gasteiger partial charge in [0.15, 0.2) is 0 Å². The van der Waals surface area contributed by atoms with Gasteiger partial charge in [0.05, 0.1) is 4.75 Å². The molecule has 0 spiro atoms. The number of nitrogens with zero attached hydrogens (tertiary/aromatic N) is 2. The summed E-state index contributed by atoms with van der Waals surface area (Å²) in [5.41, 5.74) is 0.722. The molecular weight excluding hydrogens is 250 g/mol. The van der Waals surface area contributed by atoms with Gasteiger partial charge in [0.2, 0.25) is 0 Å². The van der Waals surface area contributed by atoms with Crippen molar-refractivity contribution in [1.82, 2.24) is 9.88 Å².